The van der Waals surface area contributed by atoms with Crippen LogP contribution < -0.4 is 16.0 Å². The number of halogens is 1. The van der Waals surface area contributed by atoms with Gasteiger partial charge >= 0.3 is 11.9 Å². The molecule has 10 nitrogen and oxygen atoms in total. The molecular weight excluding hydrogens is 570 g/mol. The van der Waals surface area contributed by atoms with Crippen molar-refractivity contribution >= 4 is 46.8 Å². The average Bonchev–Trinajstić information content (AvgIpc) is 2.96. The van der Waals surface area contributed by atoms with Gasteiger partial charge in [-0.25, -0.2) is 4.79 Å². The minimum absolute atomic E-state index is 0.0103. The zero-order valence-electron chi connectivity index (χ0n) is 23.9. The van der Waals surface area contributed by atoms with Gasteiger partial charge < -0.3 is 26.2 Å². The zero-order valence-corrected chi connectivity index (χ0v) is 24.6. The lowest BCUT2D eigenvalue weighted by atomic mass is 9.89. The van der Waals surface area contributed by atoms with Gasteiger partial charge in [0, 0.05) is 29.2 Å². The molecule has 0 aliphatic heterocycles. The summed E-state index contributed by atoms with van der Waals surface area (Å²) in [7, 11) is 0. The number of hydrogen-bond acceptors (Lipinski definition) is 5. The Balaban J connectivity index is 1.71. The van der Waals surface area contributed by atoms with Crippen LogP contribution in [0.1, 0.15) is 49.3 Å². The summed E-state index contributed by atoms with van der Waals surface area (Å²) in [6.07, 6.45) is 2.73. The monoisotopic (exact) mass is 603 g/mol. The molecule has 3 rings (SSSR count). The second kappa shape index (κ2) is 15.9. The molecule has 0 fully saturated rings. The van der Waals surface area contributed by atoms with Gasteiger partial charge in [-0.05, 0) is 71.8 Å². The van der Waals surface area contributed by atoms with Crippen molar-refractivity contribution in [3.8, 4) is 6.19 Å². The summed E-state index contributed by atoms with van der Waals surface area (Å²) in [6.45, 7) is 3.98. The van der Waals surface area contributed by atoms with Crippen LogP contribution in [-0.2, 0) is 27.2 Å². The number of carboxylic acid groups (broad SMARTS) is 2. The van der Waals surface area contributed by atoms with E-state index in [0.717, 1.165) is 5.56 Å². The van der Waals surface area contributed by atoms with Crippen molar-refractivity contribution in [1.82, 2.24) is 5.32 Å². The maximum absolute atomic E-state index is 13.4. The van der Waals surface area contributed by atoms with Crippen LogP contribution in [0.4, 0.5) is 11.4 Å². The van der Waals surface area contributed by atoms with Gasteiger partial charge in [0.05, 0.1) is 5.92 Å². The first kappa shape index (κ1) is 32.6. The molecule has 3 aromatic carbocycles. The highest BCUT2D eigenvalue weighted by Gasteiger charge is 2.27. The van der Waals surface area contributed by atoms with Crippen LogP contribution in [0.15, 0.2) is 77.8 Å². The number of carbonyl (C=O) groups is 3. The Morgan fingerprint density at radius 2 is 1.44 bits per heavy atom. The smallest absolute Gasteiger partial charge is 0.326 e. The van der Waals surface area contributed by atoms with Gasteiger partial charge in [0.15, 0.2) is 0 Å². The molecule has 0 aromatic heterocycles. The Labute approximate surface area is 255 Å². The fourth-order valence-corrected chi connectivity index (χ4v) is 4.54. The Kier molecular flexibility index (Phi) is 12.1. The predicted octanol–water partition coefficient (Wildman–Crippen LogP) is 5.66. The first-order valence-corrected chi connectivity index (χ1v) is 14.1. The molecule has 0 aliphatic rings. The van der Waals surface area contributed by atoms with Crippen LogP contribution in [0.2, 0.25) is 5.02 Å². The van der Waals surface area contributed by atoms with Crippen LogP contribution >= 0.6 is 11.6 Å². The van der Waals surface area contributed by atoms with Gasteiger partial charge in [-0.1, -0.05) is 61.8 Å². The molecule has 0 heterocycles. The normalized spacial score (nSPS) is 12.6. The molecule has 2 unspecified atom stereocenters. The minimum atomic E-state index is -1.15. The summed E-state index contributed by atoms with van der Waals surface area (Å²) in [5.41, 5.74) is 3.57. The van der Waals surface area contributed by atoms with E-state index in [1.165, 1.54) is 0 Å². The summed E-state index contributed by atoms with van der Waals surface area (Å²) < 4.78 is 0. The lowest BCUT2D eigenvalue weighted by Crippen LogP contribution is -2.44. The Bertz CT molecular complexity index is 1470. The number of carboxylic acids is 2. The number of nitrogens with one attached hydrogen (secondary N) is 3. The minimum Gasteiger partial charge on any atom is -0.481 e. The van der Waals surface area contributed by atoms with Gasteiger partial charge in [-0.15, -0.1) is 4.99 Å². The molecule has 2 atom stereocenters. The number of hydrogen-bond donors (Lipinski definition) is 5. The largest absolute Gasteiger partial charge is 0.481 e. The Morgan fingerprint density at radius 1 is 0.884 bits per heavy atom. The summed E-state index contributed by atoms with van der Waals surface area (Å²) in [6, 6.07) is 19.9. The number of rotatable bonds is 13. The second-order valence-electron chi connectivity index (χ2n) is 10.4. The molecule has 0 spiro atoms. The lowest BCUT2D eigenvalue weighted by Gasteiger charge is -2.23. The van der Waals surface area contributed by atoms with E-state index in [9.17, 15) is 19.5 Å². The highest BCUT2D eigenvalue weighted by Crippen LogP contribution is 2.26. The standard InChI is InChI=1S/C32H34ClN5O5/c1-20(2)17-27(30(41)38-28(31(42)43)18-22-5-3-21(4-6-22)7-16-29(39)40)23-8-12-25(13-9-23)36-32(35-19-34)37-26-14-10-24(33)11-15-26/h3-6,8-15,20,27-28H,7,16-18H2,1-2H3,(H,38,41)(H,39,40)(H,42,43)(H2,35,36,37). The molecule has 3 aromatic rings. The number of aliphatic carboxylic acids is 2. The van der Waals surface area contributed by atoms with Crippen molar-refractivity contribution in [1.29, 1.82) is 5.26 Å². The van der Waals surface area contributed by atoms with E-state index in [1.54, 1.807) is 79.0 Å². The predicted molar refractivity (Wildman–Crippen MR) is 166 cm³/mol. The number of anilines is 2. The highest BCUT2D eigenvalue weighted by atomic mass is 35.5. The molecule has 0 bridgehead atoms. The van der Waals surface area contributed by atoms with Crippen molar-refractivity contribution in [3.63, 3.8) is 0 Å². The van der Waals surface area contributed by atoms with Gasteiger partial charge in [0.2, 0.25) is 18.1 Å². The fourth-order valence-electron chi connectivity index (χ4n) is 4.41. The molecule has 0 saturated carbocycles. The number of nitriles is 1. The topological polar surface area (TPSA) is 164 Å². The molecule has 224 valence electrons. The third-order valence-electron chi connectivity index (χ3n) is 6.57. The number of nitrogens with zero attached hydrogens (tertiary/aromatic N) is 2. The van der Waals surface area contributed by atoms with Crippen LogP contribution in [0.3, 0.4) is 0 Å². The zero-order chi connectivity index (χ0) is 31.4. The quantitative estimate of drug-likeness (QED) is 0.0948. The Hall–Kier alpha value is -4.88. The average molecular weight is 604 g/mol. The van der Waals surface area contributed by atoms with Gasteiger partial charge in [0.25, 0.3) is 0 Å². The lowest BCUT2D eigenvalue weighted by molar-refractivity contribution is -0.142. The first-order chi connectivity index (χ1) is 20.5. The Morgan fingerprint density at radius 3 is 1.95 bits per heavy atom. The molecular formula is C32H34ClN5O5. The second-order valence-corrected chi connectivity index (χ2v) is 10.9. The summed E-state index contributed by atoms with van der Waals surface area (Å²) in [5, 5.41) is 37.2. The van der Waals surface area contributed by atoms with E-state index in [1.807, 2.05) is 13.8 Å². The molecule has 11 heteroatoms. The van der Waals surface area contributed by atoms with Crippen molar-refractivity contribution < 1.29 is 24.6 Å². The van der Waals surface area contributed by atoms with Crippen molar-refractivity contribution in [2.75, 3.05) is 10.6 Å². The first-order valence-electron chi connectivity index (χ1n) is 13.7. The maximum Gasteiger partial charge on any atom is 0.326 e. The summed E-state index contributed by atoms with van der Waals surface area (Å²) in [5.74, 6) is -2.65. The number of aryl methyl sites for hydroxylation is 1. The maximum atomic E-state index is 13.4. The molecule has 0 aliphatic carbocycles. The summed E-state index contributed by atoms with van der Waals surface area (Å²) >= 11 is 5.94. The van der Waals surface area contributed by atoms with E-state index >= 15 is 0 Å². The number of carbonyl (C=O) groups excluding carboxylic acids is 1. The van der Waals surface area contributed by atoms with E-state index in [4.69, 9.17) is 22.0 Å². The van der Waals surface area contributed by atoms with E-state index in [0.29, 0.717) is 40.4 Å². The van der Waals surface area contributed by atoms with Crippen LogP contribution in [-0.4, -0.2) is 40.1 Å². The number of aliphatic imine (C=N–C) groups is 1. The fraction of sp³-hybridized carbons (Fsp3) is 0.281. The number of guanidine groups is 1. The third kappa shape index (κ3) is 10.8. The molecule has 0 radical (unpaired) electrons. The van der Waals surface area contributed by atoms with Gasteiger partial charge in [0.1, 0.15) is 6.04 Å². The van der Waals surface area contributed by atoms with Crippen molar-refractivity contribution in [2.45, 2.75) is 51.5 Å². The SMILES string of the molecule is CC(C)CC(C(=O)NC(Cc1ccc(CCC(=O)O)cc1)C(=O)O)c1ccc(NC(=NC#N)Nc2ccc(Cl)cc2)cc1. The highest BCUT2D eigenvalue weighted by molar-refractivity contribution is 6.30. The number of amides is 1. The third-order valence-corrected chi connectivity index (χ3v) is 6.83. The van der Waals surface area contributed by atoms with Crippen molar-refractivity contribution in [3.05, 3.63) is 94.5 Å². The van der Waals surface area contributed by atoms with Gasteiger partial charge in [-0.3, -0.25) is 9.59 Å². The van der Waals surface area contributed by atoms with E-state index in [2.05, 4.69) is 20.9 Å². The van der Waals surface area contributed by atoms with Gasteiger partial charge in [-0.2, -0.15) is 5.26 Å². The van der Waals surface area contributed by atoms with E-state index < -0.39 is 29.8 Å². The number of benzene rings is 3. The van der Waals surface area contributed by atoms with Crippen LogP contribution in [0, 0.1) is 17.4 Å². The van der Waals surface area contributed by atoms with E-state index in [-0.39, 0.29) is 24.7 Å². The summed E-state index contributed by atoms with van der Waals surface area (Å²) in [4.78, 5) is 40.1. The molecule has 0 saturated heterocycles. The van der Waals surface area contributed by atoms with Crippen molar-refractivity contribution in [2.24, 2.45) is 10.9 Å². The van der Waals surface area contributed by atoms with Crippen LogP contribution in [0.25, 0.3) is 0 Å². The molecule has 5 N–H and O–H groups in total. The molecule has 1 amide bonds. The molecule has 43 heavy (non-hydrogen) atoms. The van der Waals surface area contributed by atoms with Crippen LogP contribution in [0.5, 0.6) is 0 Å².